The van der Waals surface area contributed by atoms with Crippen LogP contribution in [0.2, 0.25) is 5.02 Å². The Bertz CT molecular complexity index is 808. The molecule has 2 bridgehead atoms. The Hall–Kier alpha value is -0.950. The Labute approximate surface area is 160 Å². The predicted molar refractivity (Wildman–Crippen MR) is 102 cm³/mol. The van der Waals surface area contributed by atoms with Gasteiger partial charge in [-0.25, -0.2) is 13.1 Å². The number of Topliss-reactive ketones (excluding diaryl/α,β-unsaturated/α-hetero) is 1. The normalized spacial score (nSPS) is 28.5. The maximum absolute atomic E-state index is 12.8. The van der Waals surface area contributed by atoms with Gasteiger partial charge in [0.1, 0.15) is 5.78 Å². The molecule has 5 nitrogen and oxygen atoms in total. The van der Waals surface area contributed by atoms with Crippen molar-refractivity contribution in [3.63, 3.8) is 0 Å². The van der Waals surface area contributed by atoms with Gasteiger partial charge in [-0.05, 0) is 30.2 Å². The van der Waals surface area contributed by atoms with Crippen molar-refractivity contribution in [1.82, 2.24) is 4.72 Å². The molecule has 3 rings (SSSR count). The third-order valence-corrected chi connectivity index (χ3v) is 8.42. The number of hydrogen-bond donors (Lipinski definition) is 1. The summed E-state index contributed by atoms with van der Waals surface area (Å²) in [5.41, 5.74) is -0.311. The lowest BCUT2D eigenvalue weighted by atomic mass is 9.70. The summed E-state index contributed by atoms with van der Waals surface area (Å²) < 4.78 is 33.6. The quantitative estimate of drug-likeness (QED) is 0.763. The highest BCUT2D eigenvalue weighted by atomic mass is 35.5. The van der Waals surface area contributed by atoms with E-state index in [1.54, 1.807) is 6.07 Å². The second-order valence-electron chi connectivity index (χ2n) is 8.02. The molecular weight excluding hydrogens is 374 g/mol. The summed E-state index contributed by atoms with van der Waals surface area (Å²) in [4.78, 5) is 12.6. The summed E-state index contributed by atoms with van der Waals surface area (Å²) >= 11 is 6.19. The number of hydrogen-bond acceptors (Lipinski definition) is 4. The van der Waals surface area contributed by atoms with Crippen molar-refractivity contribution < 1.29 is 17.9 Å². The number of carbonyl (C=O) groups excluding carboxylic acids is 1. The maximum Gasteiger partial charge on any atom is 0.212 e. The van der Waals surface area contributed by atoms with E-state index in [9.17, 15) is 13.2 Å². The average Bonchev–Trinajstić information content (AvgIpc) is 2.90. The van der Waals surface area contributed by atoms with Gasteiger partial charge in [-0.15, -0.1) is 0 Å². The standard InChI is InChI=1S/C19H26ClNO4S/c1-18(2)13-8-9-19(18,17(22)10-13)12-26(23,24)21-11-16(25-3)14-6-4-5-7-15(14)20/h4-7,13,16,21H,8-12H2,1-3H3/t13-,16+,19-/m0/s1. The van der Waals surface area contributed by atoms with Crippen LogP contribution in [-0.4, -0.2) is 33.6 Å². The number of fused-ring (bicyclic) bond motifs is 2. The molecule has 144 valence electrons. The van der Waals surface area contributed by atoms with Crippen molar-refractivity contribution >= 4 is 27.4 Å². The summed E-state index contributed by atoms with van der Waals surface area (Å²) in [5, 5.41) is 0.530. The van der Waals surface area contributed by atoms with Crippen LogP contribution in [-0.2, 0) is 19.6 Å². The van der Waals surface area contributed by atoms with E-state index in [0.29, 0.717) is 23.8 Å². The van der Waals surface area contributed by atoms with Crippen molar-refractivity contribution in [2.45, 2.75) is 39.2 Å². The van der Waals surface area contributed by atoms with Gasteiger partial charge in [-0.1, -0.05) is 43.6 Å². The van der Waals surface area contributed by atoms with Gasteiger partial charge in [0.15, 0.2) is 0 Å². The fourth-order valence-corrected chi connectivity index (χ4v) is 6.83. The SMILES string of the molecule is CO[C@H](CNS(=O)(=O)C[C@@]12CC[C@@H](CC1=O)C2(C)C)c1ccccc1Cl. The molecule has 0 spiro atoms. The van der Waals surface area contributed by atoms with Gasteiger partial charge >= 0.3 is 0 Å². The number of methoxy groups -OCH3 is 1. The molecule has 2 aliphatic rings. The minimum absolute atomic E-state index is 0.0801. The van der Waals surface area contributed by atoms with Gasteiger partial charge in [-0.3, -0.25) is 4.79 Å². The molecule has 0 aromatic heterocycles. The smallest absolute Gasteiger partial charge is 0.212 e. The van der Waals surface area contributed by atoms with Gasteiger partial charge in [0, 0.05) is 36.1 Å². The Morgan fingerprint density at radius 3 is 2.58 bits per heavy atom. The summed E-state index contributed by atoms with van der Waals surface area (Å²) in [6.07, 6.45) is 1.60. The van der Waals surface area contributed by atoms with Crippen LogP contribution in [0, 0.1) is 16.7 Å². The molecule has 0 heterocycles. The summed E-state index contributed by atoms with van der Waals surface area (Å²) in [7, 11) is -2.11. The Balaban J connectivity index is 1.74. The number of benzene rings is 1. The molecule has 0 amide bonds. The zero-order chi connectivity index (χ0) is 19.2. The van der Waals surface area contributed by atoms with Crippen molar-refractivity contribution in [2.75, 3.05) is 19.4 Å². The lowest BCUT2D eigenvalue weighted by molar-refractivity contribution is -0.128. The van der Waals surface area contributed by atoms with Gasteiger partial charge in [0.25, 0.3) is 0 Å². The average molecular weight is 400 g/mol. The summed E-state index contributed by atoms with van der Waals surface area (Å²) in [6.45, 7) is 4.15. The number of halogens is 1. The third-order valence-electron chi connectivity index (χ3n) is 6.60. The third kappa shape index (κ3) is 3.21. The van der Waals surface area contributed by atoms with E-state index in [0.717, 1.165) is 12.0 Å². The molecular formula is C19H26ClNO4S. The molecule has 0 unspecified atom stereocenters. The molecule has 2 saturated carbocycles. The van der Waals surface area contributed by atoms with Gasteiger partial charge in [0.2, 0.25) is 10.0 Å². The molecule has 3 atom stereocenters. The van der Waals surface area contributed by atoms with Crippen LogP contribution in [0.1, 0.15) is 44.8 Å². The minimum Gasteiger partial charge on any atom is -0.375 e. The van der Waals surface area contributed by atoms with Gasteiger partial charge in [-0.2, -0.15) is 0 Å². The first kappa shape index (κ1) is 19.8. The van der Waals surface area contributed by atoms with E-state index < -0.39 is 21.5 Å². The number of rotatable bonds is 7. The van der Waals surface area contributed by atoms with E-state index in [2.05, 4.69) is 4.72 Å². The molecule has 2 aliphatic carbocycles. The molecule has 26 heavy (non-hydrogen) atoms. The van der Waals surface area contributed by atoms with Crippen molar-refractivity contribution in [1.29, 1.82) is 0 Å². The monoisotopic (exact) mass is 399 g/mol. The number of nitrogens with one attached hydrogen (secondary N) is 1. The molecule has 1 aromatic rings. The Morgan fingerprint density at radius 1 is 1.35 bits per heavy atom. The van der Waals surface area contributed by atoms with E-state index >= 15 is 0 Å². The minimum atomic E-state index is -3.63. The van der Waals surface area contributed by atoms with E-state index in [-0.39, 0.29) is 23.5 Å². The highest BCUT2D eigenvalue weighted by molar-refractivity contribution is 7.89. The van der Waals surface area contributed by atoms with Crippen LogP contribution in [0.4, 0.5) is 0 Å². The van der Waals surface area contributed by atoms with Gasteiger partial charge in [0.05, 0.1) is 11.9 Å². The first-order chi connectivity index (χ1) is 12.1. The fourth-order valence-electron chi connectivity index (χ4n) is 4.74. The highest BCUT2D eigenvalue weighted by Crippen LogP contribution is 2.64. The fraction of sp³-hybridized carbons (Fsp3) is 0.632. The zero-order valence-corrected chi connectivity index (χ0v) is 17.0. The molecule has 2 fully saturated rings. The summed E-state index contributed by atoms with van der Waals surface area (Å²) in [5.74, 6) is 0.236. The first-order valence-electron chi connectivity index (χ1n) is 8.91. The highest BCUT2D eigenvalue weighted by Gasteiger charge is 2.65. The van der Waals surface area contributed by atoms with E-state index in [1.165, 1.54) is 7.11 Å². The molecule has 0 aliphatic heterocycles. The van der Waals surface area contributed by atoms with Crippen LogP contribution in [0.15, 0.2) is 24.3 Å². The topological polar surface area (TPSA) is 72.5 Å². The van der Waals surface area contributed by atoms with Crippen molar-refractivity contribution in [3.8, 4) is 0 Å². The van der Waals surface area contributed by atoms with Crippen LogP contribution < -0.4 is 4.72 Å². The van der Waals surface area contributed by atoms with Crippen LogP contribution in [0.5, 0.6) is 0 Å². The number of carbonyl (C=O) groups is 1. The first-order valence-corrected chi connectivity index (χ1v) is 10.9. The van der Waals surface area contributed by atoms with E-state index in [4.69, 9.17) is 16.3 Å². The largest absolute Gasteiger partial charge is 0.375 e. The maximum atomic E-state index is 12.8. The molecule has 7 heteroatoms. The molecule has 0 radical (unpaired) electrons. The zero-order valence-electron chi connectivity index (χ0n) is 15.4. The van der Waals surface area contributed by atoms with Crippen LogP contribution in [0.3, 0.4) is 0 Å². The van der Waals surface area contributed by atoms with Crippen molar-refractivity contribution in [3.05, 3.63) is 34.9 Å². The second kappa shape index (κ2) is 6.89. The number of sulfonamides is 1. The number of ketones is 1. The molecule has 0 saturated heterocycles. The predicted octanol–water partition coefficient (Wildman–Crippen LogP) is 3.34. The lowest BCUT2D eigenvalue weighted by Gasteiger charge is -2.36. The summed E-state index contributed by atoms with van der Waals surface area (Å²) in [6, 6.07) is 7.20. The lowest BCUT2D eigenvalue weighted by Crippen LogP contribution is -2.46. The Kier molecular flexibility index (Phi) is 5.25. The Morgan fingerprint density at radius 2 is 2.04 bits per heavy atom. The van der Waals surface area contributed by atoms with Crippen molar-refractivity contribution in [2.24, 2.45) is 16.7 Å². The van der Waals surface area contributed by atoms with Crippen LogP contribution >= 0.6 is 11.6 Å². The number of ether oxygens (including phenoxy) is 1. The van der Waals surface area contributed by atoms with Gasteiger partial charge < -0.3 is 4.74 Å². The van der Waals surface area contributed by atoms with E-state index in [1.807, 2.05) is 32.0 Å². The second-order valence-corrected chi connectivity index (χ2v) is 10.2. The molecule has 1 N–H and O–H groups in total. The van der Waals surface area contributed by atoms with Crippen LogP contribution in [0.25, 0.3) is 0 Å². The molecule has 1 aromatic carbocycles.